The fourth-order valence-corrected chi connectivity index (χ4v) is 1.19. The number of carbonyl (C=O) groups excluding carboxylic acids is 1. The third-order valence-corrected chi connectivity index (χ3v) is 2.10. The summed E-state index contributed by atoms with van der Waals surface area (Å²) in [6.45, 7) is 6.21. The van der Waals surface area contributed by atoms with Crippen molar-refractivity contribution in [2.75, 3.05) is 0 Å². The van der Waals surface area contributed by atoms with E-state index >= 15 is 0 Å². The van der Waals surface area contributed by atoms with Crippen molar-refractivity contribution in [1.82, 2.24) is 0 Å². The summed E-state index contributed by atoms with van der Waals surface area (Å²) in [4.78, 5) is 11.4. The van der Waals surface area contributed by atoms with Gasteiger partial charge in [-0.1, -0.05) is 37.6 Å². The van der Waals surface area contributed by atoms with Gasteiger partial charge in [-0.15, -0.1) is 0 Å². The van der Waals surface area contributed by atoms with E-state index in [0.29, 0.717) is 11.7 Å². The Bertz CT molecular complexity index is 361. The smallest absolute Gasteiger partial charge is 0.335 e. The minimum Gasteiger partial charge on any atom is -0.423 e. The zero-order chi connectivity index (χ0) is 12.0. The minimum atomic E-state index is -0.315. The van der Waals surface area contributed by atoms with Crippen LogP contribution in [0.1, 0.15) is 25.8 Å². The molecule has 0 aromatic heterocycles. The number of ether oxygens (including phenoxy) is 1. The van der Waals surface area contributed by atoms with Crippen LogP contribution in [0.15, 0.2) is 36.4 Å². The highest BCUT2D eigenvalue weighted by Crippen LogP contribution is 2.11. The van der Waals surface area contributed by atoms with Crippen LogP contribution in [0, 0.1) is 12.8 Å². The lowest BCUT2D eigenvalue weighted by Gasteiger charge is -2.01. The summed E-state index contributed by atoms with van der Waals surface area (Å²) in [6.07, 6.45) is 4.23. The van der Waals surface area contributed by atoms with Gasteiger partial charge in [0.25, 0.3) is 0 Å². The van der Waals surface area contributed by atoms with Crippen LogP contribution >= 0.6 is 0 Å². The molecule has 0 N–H and O–H groups in total. The average Bonchev–Trinajstić information content (AvgIpc) is 2.21. The summed E-state index contributed by atoms with van der Waals surface area (Å²) < 4.78 is 5.13. The topological polar surface area (TPSA) is 26.3 Å². The van der Waals surface area contributed by atoms with Gasteiger partial charge in [-0.05, 0) is 31.4 Å². The molecule has 0 radical (unpaired) electrons. The van der Waals surface area contributed by atoms with Crippen LogP contribution in [0.25, 0.3) is 0 Å². The van der Waals surface area contributed by atoms with Crippen LogP contribution in [-0.4, -0.2) is 5.97 Å². The lowest BCUT2D eigenvalue weighted by Crippen LogP contribution is -2.03. The molecule has 16 heavy (non-hydrogen) atoms. The molecule has 0 amide bonds. The molecule has 0 aliphatic rings. The predicted molar refractivity (Wildman–Crippen MR) is 65.4 cm³/mol. The van der Waals surface area contributed by atoms with Crippen molar-refractivity contribution >= 4 is 5.97 Å². The number of hydrogen-bond acceptors (Lipinski definition) is 2. The number of aryl methyl sites for hydroxylation is 1. The summed E-state index contributed by atoms with van der Waals surface area (Å²) >= 11 is 0. The van der Waals surface area contributed by atoms with Gasteiger partial charge in [0.05, 0.1) is 0 Å². The van der Waals surface area contributed by atoms with E-state index in [9.17, 15) is 4.79 Å². The average molecular weight is 218 g/mol. The van der Waals surface area contributed by atoms with Gasteiger partial charge in [0.1, 0.15) is 5.75 Å². The highest BCUT2D eigenvalue weighted by molar-refractivity contribution is 5.83. The van der Waals surface area contributed by atoms with Crippen molar-refractivity contribution in [3.8, 4) is 5.75 Å². The number of esters is 1. The Morgan fingerprint density at radius 1 is 1.31 bits per heavy atom. The van der Waals surface area contributed by atoms with Gasteiger partial charge in [0.15, 0.2) is 0 Å². The molecule has 0 unspecified atom stereocenters. The zero-order valence-electron chi connectivity index (χ0n) is 10.1. The molecule has 0 bridgehead atoms. The maximum atomic E-state index is 11.4. The largest absolute Gasteiger partial charge is 0.423 e. The fraction of sp³-hybridized carbons (Fsp3) is 0.357. The van der Waals surface area contributed by atoms with E-state index in [2.05, 4.69) is 13.8 Å². The van der Waals surface area contributed by atoms with Gasteiger partial charge in [0, 0.05) is 6.08 Å². The molecule has 1 aromatic rings. The number of rotatable bonds is 4. The van der Waals surface area contributed by atoms with Crippen LogP contribution in [-0.2, 0) is 4.79 Å². The SMILES string of the molecule is Cc1ccc(OC(=O)C=CCC(C)C)cc1. The van der Waals surface area contributed by atoms with E-state index in [0.717, 1.165) is 12.0 Å². The monoisotopic (exact) mass is 218 g/mol. The van der Waals surface area contributed by atoms with E-state index in [1.807, 2.05) is 25.1 Å². The molecule has 0 aliphatic heterocycles. The molecule has 0 saturated heterocycles. The van der Waals surface area contributed by atoms with Gasteiger partial charge in [0.2, 0.25) is 0 Å². The highest BCUT2D eigenvalue weighted by Gasteiger charge is 1.99. The lowest BCUT2D eigenvalue weighted by molar-refractivity contribution is -0.129. The van der Waals surface area contributed by atoms with Gasteiger partial charge in [-0.25, -0.2) is 4.79 Å². The van der Waals surface area contributed by atoms with E-state index in [1.54, 1.807) is 12.1 Å². The molecule has 2 heteroatoms. The quantitative estimate of drug-likeness (QED) is 0.439. The van der Waals surface area contributed by atoms with Crippen molar-refractivity contribution in [2.24, 2.45) is 5.92 Å². The molecular weight excluding hydrogens is 200 g/mol. The first kappa shape index (κ1) is 12.5. The first-order valence-corrected chi connectivity index (χ1v) is 5.53. The van der Waals surface area contributed by atoms with Crippen molar-refractivity contribution in [2.45, 2.75) is 27.2 Å². The predicted octanol–water partition coefficient (Wildman–Crippen LogP) is 3.50. The molecule has 0 aliphatic carbocycles. The van der Waals surface area contributed by atoms with E-state index in [-0.39, 0.29) is 5.97 Å². The molecule has 0 saturated carbocycles. The first-order valence-electron chi connectivity index (χ1n) is 5.53. The summed E-state index contributed by atoms with van der Waals surface area (Å²) in [5.74, 6) is 0.831. The third-order valence-electron chi connectivity index (χ3n) is 2.10. The summed E-state index contributed by atoms with van der Waals surface area (Å²) in [6, 6.07) is 7.42. The van der Waals surface area contributed by atoms with Crippen molar-refractivity contribution in [3.63, 3.8) is 0 Å². The molecule has 0 fully saturated rings. The summed E-state index contributed by atoms with van der Waals surface area (Å²) in [5.41, 5.74) is 1.15. The standard InChI is InChI=1S/C14H18O2/c1-11(2)5-4-6-14(15)16-13-9-7-12(3)8-10-13/h4,6-11H,5H2,1-3H3. The Morgan fingerprint density at radius 3 is 2.50 bits per heavy atom. The molecule has 1 aromatic carbocycles. The second-order valence-electron chi connectivity index (χ2n) is 4.27. The van der Waals surface area contributed by atoms with Crippen molar-refractivity contribution in [3.05, 3.63) is 42.0 Å². The maximum absolute atomic E-state index is 11.4. The van der Waals surface area contributed by atoms with Crippen molar-refractivity contribution < 1.29 is 9.53 Å². The molecule has 86 valence electrons. The second kappa shape index (κ2) is 6.11. The van der Waals surface area contributed by atoms with Gasteiger partial charge in [-0.3, -0.25) is 0 Å². The third kappa shape index (κ3) is 4.78. The molecule has 0 atom stereocenters. The Balaban J connectivity index is 2.45. The first-order chi connectivity index (χ1) is 7.58. The van der Waals surface area contributed by atoms with Crippen LogP contribution in [0.2, 0.25) is 0 Å². The molecule has 0 spiro atoms. The minimum absolute atomic E-state index is 0.315. The normalized spacial score (nSPS) is 11.0. The Morgan fingerprint density at radius 2 is 1.94 bits per heavy atom. The van der Waals surface area contributed by atoms with E-state index in [1.165, 1.54) is 6.08 Å². The van der Waals surface area contributed by atoms with Gasteiger partial charge in [-0.2, -0.15) is 0 Å². The summed E-state index contributed by atoms with van der Waals surface area (Å²) in [7, 11) is 0. The highest BCUT2D eigenvalue weighted by atomic mass is 16.5. The second-order valence-corrected chi connectivity index (χ2v) is 4.27. The lowest BCUT2D eigenvalue weighted by atomic mass is 10.1. The molecule has 0 heterocycles. The van der Waals surface area contributed by atoms with Crippen LogP contribution < -0.4 is 4.74 Å². The number of hydrogen-bond donors (Lipinski definition) is 0. The number of carbonyl (C=O) groups is 1. The van der Waals surface area contributed by atoms with Gasteiger partial charge < -0.3 is 4.74 Å². The van der Waals surface area contributed by atoms with Crippen LogP contribution in [0.3, 0.4) is 0 Å². The Kier molecular flexibility index (Phi) is 4.77. The van der Waals surface area contributed by atoms with Gasteiger partial charge >= 0.3 is 5.97 Å². The van der Waals surface area contributed by atoms with Crippen LogP contribution in [0.5, 0.6) is 5.75 Å². The van der Waals surface area contributed by atoms with Crippen LogP contribution in [0.4, 0.5) is 0 Å². The van der Waals surface area contributed by atoms with E-state index in [4.69, 9.17) is 4.74 Å². The Labute approximate surface area is 96.9 Å². The Hall–Kier alpha value is -1.57. The molecule has 2 nitrogen and oxygen atoms in total. The number of allylic oxidation sites excluding steroid dienone is 1. The van der Waals surface area contributed by atoms with E-state index < -0.39 is 0 Å². The molecule has 1 rings (SSSR count). The maximum Gasteiger partial charge on any atom is 0.335 e. The molecular formula is C14H18O2. The summed E-state index contributed by atoms with van der Waals surface area (Å²) in [5, 5.41) is 0. The van der Waals surface area contributed by atoms with Crippen molar-refractivity contribution in [1.29, 1.82) is 0 Å². The fourth-order valence-electron chi connectivity index (χ4n) is 1.19. The number of benzene rings is 1. The zero-order valence-corrected chi connectivity index (χ0v) is 10.1.